The lowest BCUT2D eigenvalue weighted by molar-refractivity contribution is -0.129. The number of likely N-dealkylation sites (tertiary alicyclic amines) is 1. The summed E-state index contributed by atoms with van der Waals surface area (Å²) in [6.07, 6.45) is 3.35. The second-order valence-corrected chi connectivity index (χ2v) is 4.64. The Kier molecular flexibility index (Phi) is 4.12. The van der Waals surface area contributed by atoms with Crippen LogP contribution in [0.3, 0.4) is 0 Å². The summed E-state index contributed by atoms with van der Waals surface area (Å²) < 4.78 is 0. The number of aliphatic hydroxyl groups excluding tert-OH is 1. The third-order valence-electron chi connectivity index (χ3n) is 2.99. The minimum absolute atomic E-state index is 0.104. The maximum atomic E-state index is 11.9. The topological polar surface area (TPSA) is 66.6 Å². The number of β-amino-alcohol motifs (C(OH)–C–C–N with tert-alkyl or cyclic N) is 1. The highest BCUT2D eigenvalue weighted by molar-refractivity contribution is 5.91. The zero-order chi connectivity index (χ0) is 13.0. The number of carbonyl (C=O) groups excluding carboxylic acids is 1. The molecular formula is C14H18N2O2. The van der Waals surface area contributed by atoms with Crippen LogP contribution >= 0.6 is 0 Å². The van der Waals surface area contributed by atoms with E-state index in [-0.39, 0.29) is 11.9 Å². The molecule has 18 heavy (non-hydrogen) atoms. The summed E-state index contributed by atoms with van der Waals surface area (Å²) in [7, 11) is 0. The standard InChI is InChI=1S/C14H18N2O2/c15-12-8-13(17)10-16(9-12)14(18)7-6-11-4-2-1-3-5-11/h1-7,12-13,17H,8-10,15H2/b7-6+/t12-,13+/m0/s1. The molecule has 0 spiro atoms. The normalized spacial score (nSPS) is 24.4. The Hall–Kier alpha value is -1.65. The minimum Gasteiger partial charge on any atom is -0.391 e. The molecule has 1 saturated heterocycles. The van der Waals surface area contributed by atoms with Crippen LogP contribution in [0.4, 0.5) is 0 Å². The van der Waals surface area contributed by atoms with E-state index in [1.807, 2.05) is 30.3 Å². The molecule has 0 bridgehead atoms. The van der Waals surface area contributed by atoms with E-state index in [0.717, 1.165) is 5.56 Å². The van der Waals surface area contributed by atoms with Gasteiger partial charge in [-0.1, -0.05) is 30.3 Å². The van der Waals surface area contributed by atoms with E-state index in [0.29, 0.717) is 19.5 Å². The van der Waals surface area contributed by atoms with E-state index >= 15 is 0 Å². The fourth-order valence-corrected chi connectivity index (χ4v) is 2.13. The summed E-state index contributed by atoms with van der Waals surface area (Å²) in [5.74, 6) is -0.104. The number of rotatable bonds is 2. The predicted octanol–water partition coefficient (Wildman–Crippen LogP) is 0.620. The van der Waals surface area contributed by atoms with Crippen molar-refractivity contribution in [3.63, 3.8) is 0 Å². The number of hydrogen-bond donors (Lipinski definition) is 2. The molecule has 0 aliphatic carbocycles. The molecule has 1 aliphatic rings. The summed E-state index contributed by atoms with van der Waals surface area (Å²) in [5.41, 5.74) is 6.76. The van der Waals surface area contributed by atoms with E-state index in [1.165, 1.54) is 6.08 Å². The summed E-state index contributed by atoms with van der Waals surface area (Å²) in [6.45, 7) is 0.876. The highest BCUT2D eigenvalue weighted by Gasteiger charge is 2.25. The second-order valence-electron chi connectivity index (χ2n) is 4.64. The average molecular weight is 246 g/mol. The van der Waals surface area contributed by atoms with Gasteiger partial charge in [-0.3, -0.25) is 4.79 Å². The summed E-state index contributed by atoms with van der Waals surface area (Å²) in [4.78, 5) is 13.5. The first-order chi connectivity index (χ1) is 8.65. The van der Waals surface area contributed by atoms with Crippen molar-refractivity contribution in [1.82, 2.24) is 4.90 Å². The van der Waals surface area contributed by atoms with Crippen LogP contribution in [-0.4, -0.2) is 41.1 Å². The van der Waals surface area contributed by atoms with E-state index in [1.54, 1.807) is 11.0 Å². The van der Waals surface area contributed by atoms with E-state index in [9.17, 15) is 9.90 Å². The van der Waals surface area contributed by atoms with Crippen LogP contribution in [-0.2, 0) is 4.79 Å². The summed E-state index contributed by atoms with van der Waals surface area (Å²) in [6, 6.07) is 9.50. The lowest BCUT2D eigenvalue weighted by atomic mass is 10.0. The van der Waals surface area contributed by atoms with Crippen molar-refractivity contribution < 1.29 is 9.90 Å². The summed E-state index contributed by atoms with van der Waals surface area (Å²) in [5, 5.41) is 9.59. The Labute approximate surface area is 107 Å². The van der Waals surface area contributed by atoms with Gasteiger partial charge in [0.25, 0.3) is 0 Å². The van der Waals surface area contributed by atoms with Gasteiger partial charge in [0.1, 0.15) is 0 Å². The van der Waals surface area contributed by atoms with Crippen molar-refractivity contribution >= 4 is 12.0 Å². The van der Waals surface area contributed by atoms with Gasteiger partial charge in [0.15, 0.2) is 0 Å². The lowest BCUT2D eigenvalue weighted by Gasteiger charge is -2.33. The summed E-state index contributed by atoms with van der Waals surface area (Å²) >= 11 is 0. The number of carbonyl (C=O) groups is 1. The molecule has 1 aromatic rings. The Balaban J connectivity index is 1.97. The smallest absolute Gasteiger partial charge is 0.246 e. The molecule has 96 valence electrons. The molecular weight excluding hydrogens is 228 g/mol. The zero-order valence-corrected chi connectivity index (χ0v) is 10.2. The Morgan fingerprint density at radius 2 is 2.06 bits per heavy atom. The Bertz CT molecular complexity index is 421. The van der Waals surface area contributed by atoms with Gasteiger partial charge in [0.05, 0.1) is 6.10 Å². The molecule has 0 unspecified atom stereocenters. The number of nitrogens with two attached hydrogens (primary N) is 1. The molecule has 1 aliphatic heterocycles. The minimum atomic E-state index is -0.511. The molecule has 0 aromatic heterocycles. The molecule has 0 radical (unpaired) electrons. The van der Waals surface area contributed by atoms with Crippen molar-refractivity contribution in [2.75, 3.05) is 13.1 Å². The highest BCUT2D eigenvalue weighted by atomic mass is 16.3. The average Bonchev–Trinajstić information content (AvgIpc) is 2.36. The van der Waals surface area contributed by atoms with Crippen LogP contribution in [0, 0.1) is 0 Å². The van der Waals surface area contributed by atoms with Crippen LogP contribution < -0.4 is 5.73 Å². The third kappa shape index (κ3) is 3.42. The van der Waals surface area contributed by atoms with Crippen molar-refractivity contribution in [2.24, 2.45) is 5.73 Å². The van der Waals surface area contributed by atoms with Crippen LogP contribution in [0.2, 0.25) is 0 Å². The fraction of sp³-hybridized carbons (Fsp3) is 0.357. The zero-order valence-electron chi connectivity index (χ0n) is 10.2. The molecule has 1 heterocycles. The molecule has 0 saturated carbocycles. The monoisotopic (exact) mass is 246 g/mol. The largest absolute Gasteiger partial charge is 0.391 e. The number of piperidine rings is 1. The van der Waals surface area contributed by atoms with Gasteiger partial charge in [-0.15, -0.1) is 0 Å². The lowest BCUT2D eigenvalue weighted by Crippen LogP contribution is -2.50. The number of benzene rings is 1. The number of amides is 1. The van der Waals surface area contributed by atoms with Gasteiger partial charge < -0.3 is 15.7 Å². The predicted molar refractivity (Wildman–Crippen MR) is 70.7 cm³/mol. The Morgan fingerprint density at radius 1 is 1.33 bits per heavy atom. The van der Waals surface area contributed by atoms with Gasteiger partial charge in [0.2, 0.25) is 5.91 Å². The molecule has 1 fully saturated rings. The first kappa shape index (κ1) is 12.8. The quantitative estimate of drug-likeness (QED) is 0.752. The van der Waals surface area contributed by atoms with Crippen molar-refractivity contribution in [2.45, 2.75) is 18.6 Å². The van der Waals surface area contributed by atoms with Crippen LogP contribution in [0.5, 0.6) is 0 Å². The van der Waals surface area contributed by atoms with E-state index < -0.39 is 6.10 Å². The first-order valence-corrected chi connectivity index (χ1v) is 6.11. The van der Waals surface area contributed by atoms with Crippen molar-refractivity contribution in [3.8, 4) is 0 Å². The number of nitrogens with zero attached hydrogens (tertiary/aromatic N) is 1. The van der Waals surface area contributed by atoms with Gasteiger partial charge in [-0.2, -0.15) is 0 Å². The molecule has 2 atom stereocenters. The maximum absolute atomic E-state index is 11.9. The Morgan fingerprint density at radius 3 is 2.72 bits per heavy atom. The second kappa shape index (κ2) is 5.80. The molecule has 1 amide bonds. The van der Waals surface area contributed by atoms with Crippen LogP contribution in [0.15, 0.2) is 36.4 Å². The third-order valence-corrected chi connectivity index (χ3v) is 2.99. The molecule has 4 nitrogen and oxygen atoms in total. The fourth-order valence-electron chi connectivity index (χ4n) is 2.13. The molecule has 2 rings (SSSR count). The SMILES string of the molecule is N[C@H]1C[C@@H](O)CN(C(=O)/C=C/c2ccccc2)C1. The highest BCUT2D eigenvalue weighted by Crippen LogP contribution is 2.10. The van der Waals surface area contributed by atoms with E-state index in [4.69, 9.17) is 5.73 Å². The van der Waals surface area contributed by atoms with Crippen LogP contribution in [0.1, 0.15) is 12.0 Å². The van der Waals surface area contributed by atoms with Gasteiger partial charge in [-0.25, -0.2) is 0 Å². The molecule has 3 N–H and O–H groups in total. The molecule has 4 heteroatoms. The van der Waals surface area contributed by atoms with Gasteiger partial charge >= 0.3 is 0 Å². The molecule has 1 aromatic carbocycles. The van der Waals surface area contributed by atoms with Gasteiger partial charge in [0, 0.05) is 25.2 Å². The number of hydrogen-bond acceptors (Lipinski definition) is 3. The number of aliphatic hydroxyl groups is 1. The van der Waals surface area contributed by atoms with Crippen molar-refractivity contribution in [3.05, 3.63) is 42.0 Å². The van der Waals surface area contributed by atoms with Crippen LogP contribution in [0.25, 0.3) is 6.08 Å². The van der Waals surface area contributed by atoms with Crippen molar-refractivity contribution in [1.29, 1.82) is 0 Å². The van der Waals surface area contributed by atoms with E-state index in [2.05, 4.69) is 0 Å². The maximum Gasteiger partial charge on any atom is 0.246 e. The van der Waals surface area contributed by atoms with Gasteiger partial charge in [-0.05, 0) is 18.1 Å². The first-order valence-electron chi connectivity index (χ1n) is 6.11.